The third-order valence-electron chi connectivity index (χ3n) is 10.1. The van der Waals surface area contributed by atoms with Gasteiger partial charge in [-0.1, -0.05) is 6.08 Å². The first kappa shape index (κ1) is 33.5. The summed E-state index contributed by atoms with van der Waals surface area (Å²) in [5, 5.41) is 11.1. The molecule has 17 heteroatoms. The fourth-order valence-corrected chi connectivity index (χ4v) is 8.56. The Morgan fingerprint density at radius 3 is 2.32 bits per heavy atom. The number of nitrogens with zero attached hydrogens (tertiary/aromatic N) is 6. The van der Waals surface area contributed by atoms with Crippen molar-refractivity contribution in [1.82, 2.24) is 28.4 Å². The molecule has 4 unspecified atom stereocenters. The largest absolute Gasteiger partial charge is 0.508 e. The van der Waals surface area contributed by atoms with Crippen LogP contribution in [0.3, 0.4) is 0 Å². The van der Waals surface area contributed by atoms with E-state index in [1.807, 2.05) is 0 Å². The van der Waals surface area contributed by atoms with Crippen LogP contribution >= 0.6 is 23.2 Å². The van der Waals surface area contributed by atoms with Crippen molar-refractivity contribution < 1.29 is 28.9 Å². The zero-order valence-electron chi connectivity index (χ0n) is 27.6. The summed E-state index contributed by atoms with van der Waals surface area (Å²) >= 11 is 14.3. The van der Waals surface area contributed by atoms with Gasteiger partial charge in [-0.05, 0) is 23.8 Å². The number of rotatable bonds is 7. The van der Waals surface area contributed by atoms with Crippen molar-refractivity contribution in [2.75, 3.05) is 28.4 Å². The van der Waals surface area contributed by atoms with Crippen LogP contribution in [0.25, 0.3) is 11.0 Å². The van der Waals surface area contributed by atoms with Gasteiger partial charge in [0.25, 0.3) is 17.4 Å². The van der Waals surface area contributed by atoms with Crippen LogP contribution in [0.15, 0.2) is 56.4 Å². The van der Waals surface area contributed by atoms with Gasteiger partial charge >= 0.3 is 11.4 Å². The molecule has 4 aromatic rings. The zero-order valence-corrected chi connectivity index (χ0v) is 29.1. The molecule has 2 fully saturated rings. The normalized spacial score (nSPS) is 24.1. The maximum absolute atomic E-state index is 14.2. The van der Waals surface area contributed by atoms with Gasteiger partial charge in [-0.15, -0.1) is 23.2 Å². The molecule has 1 saturated heterocycles. The molecule has 15 nitrogen and oxygen atoms in total. The first-order chi connectivity index (χ1) is 23.7. The summed E-state index contributed by atoms with van der Waals surface area (Å²) in [5.74, 6) is -1.80. The molecule has 2 amide bonds. The van der Waals surface area contributed by atoms with Crippen LogP contribution < -0.4 is 31.1 Å². The molecule has 4 heterocycles. The van der Waals surface area contributed by atoms with Gasteiger partial charge in [0.1, 0.15) is 17.2 Å². The number of allylic oxidation sites excluding steroid dienone is 2. The van der Waals surface area contributed by atoms with Gasteiger partial charge in [-0.3, -0.25) is 19.3 Å². The molecular weight excluding hydrogens is 695 g/mol. The Morgan fingerprint density at radius 1 is 0.940 bits per heavy atom. The molecule has 50 heavy (non-hydrogen) atoms. The standard InChI is InChI=1S/C33H32Cl2N6O9/c1-37-21-14-25(50-5)24(49-4)13-20(21)36-19(27(37)43)9-10-39-30(46)40-11-8-17-22(41(40)31(39)47)15-32(34)28(44)38(2)29(45)33(32,35)26(17)18-12-16(48-3)6-7-23(18)42/h6-8,12-14,22,26,42H,9-11,15H2,1-5H3. The van der Waals surface area contributed by atoms with Crippen LogP contribution in [-0.2, 0) is 36.1 Å². The van der Waals surface area contributed by atoms with E-state index >= 15 is 0 Å². The molecule has 4 atom stereocenters. The SMILES string of the molecule is COc1ccc(O)c(C2C3=CCn4c(=O)n(CCc5nc6cc(OC)c(OC)cc6n(C)c5=O)c(=O)n4C3CC3(Cl)C(=O)N(C)C(=O)C23Cl)c1. The van der Waals surface area contributed by atoms with Gasteiger partial charge in [0.15, 0.2) is 21.2 Å². The Morgan fingerprint density at radius 2 is 1.64 bits per heavy atom. The minimum Gasteiger partial charge on any atom is -0.508 e. The van der Waals surface area contributed by atoms with E-state index in [0.717, 1.165) is 9.47 Å². The van der Waals surface area contributed by atoms with Gasteiger partial charge < -0.3 is 23.9 Å². The van der Waals surface area contributed by atoms with Crippen molar-refractivity contribution >= 4 is 46.0 Å². The van der Waals surface area contributed by atoms with Gasteiger partial charge in [0.2, 0.25) is 0 Å². The average Bonchev–Trinajstić information content (AvgIpc) is 3.43. The summed E-state index contributed by atoms with van der Waals surface area (Å²) in [4.78, 5) is 69.9. The maximum Gasteiger partial charge on any atom is 0.347 e. The Bertz CT molecular complexity index is 2360. The number of imide groups is 1. The molecule has 1 aliphatic carbocycles. The molecule has 2 aliphatic heterocycles. The fraction of sp³-hybridized carbons (Fsp3) is 0.394. The van der Waals surface area contributed by atoms with E-state index in [2.05, 4.69) is 4.98 Å². The predicted octanol–water partition coefficient (Wildman–Crippen LogP) is 1.65. The molecule has 0 spiro atoms. The number of aromatic hydroxyl groups is 1. The molecular formula is C33H32Cl2N6O9. The number of carbonyl (C=O) groups is 2. The van der Waals surface area contributed by atoms with E-state index in [4.69, 9.17) is 37.4 Å². The molecule has 1 N–H and O–H groups in total. The summed E-state index contributed by atoms with van der Waals surface area (Å²) in [5.41, 5.74) is -0.171. The number of hydrogen-bond donors (Lipinski definition) is 1. The molecule has 2 aromatic heterocycles. The maximum atomic E-state index is 14.2. The lowest BCUT2D eigenvalue weighted by molar-refractivity contribution is -0.137. The Kier molecular flexibility index (Phi) is 7.71. The minimum absolute atomic E-state index is 0.0661. The van der Waals surface area contributed by atoms with E-state index < -0.39 is 50.5 Å². The molecule has 2 aromatic carbocycles. The average molecular weight is 728 g/mol. The Balaban J connectivity index is 1.32. The number of aryl methyl sites for hydroxylation is 2. The van der Waals surface area contributed by atoms with Gasteiger partial charge in [-0.2, -0.15) is 0 Å². The fourth-order valence-electron chi connectivity index (χ4n) is 7.57. The van der Waals surface area contributed by atoms with Crippen molar-refractivity contribution in [3.05, 3.63) is 84.6 Å². The number of fused-ring (bicyclic) bond motifs is 5. The lowest BCUT2D eigenvalue weighted by Gasteiger charge is -2.49. The number of phenols is 1. The summed E-state index contributed by atoms with van der Waals surface area (Å²) in [6.45, 7) is -0.286. The third kappa shape index (κ3) is 4.35. The molecule has 0 radical (unpaired) electrons. The number of benzene rings is 2. The molecule has 0 bridgehead atoms. The predicted molar refractivity (Wildman–Crippen MR) is 181 cm³/mol. The minimum atomic E-state index is -2.09. The summed E-state index contributed by atoms with van der Waals surface area (Å²) in [6, 6.07) is 6.65. The number of ether oxygens (including phenoxy) is 3. The number of likely N-dealkylation sites (tertiary alicyclic amines) is 1. The van der Waals surface area contributed by atoms with Crippen LogP contribution in [0.2, 0.25) is 0 Å². The van der Waals surface area contributed by atoms with Crippen LogP contribution in [0, 0.1) is 0 Å². The van der Waals surface area contributed by atoms with Gasteiger partial charge in [0.05, 0.1) is 44.9 Å². The molecule has 262 valence electrons. The van der Waals surface area contributed by atoms with Crippen LogP contribution in [0.1, 0.15) is 29.6 Å². The second-order valence-electron chi connectivity index (χ2n) is 12.5. The van der Waals surface area contributed by atoms with Crippen LogP contribution in [-0.4, -0.2) is 83.4 Å². The highest BCUT2D eigenvalue weighted by Gasteiger charge is 2.75. The summed E-state index contributed by atoms with van der Waals surface area (Å²) in [7, 11) is 7.24. The van der Waals surface area contributed by atoms with Crippen LogP contribution in [0.5, 0.6) is 23.0 Å². The number of hydrogen-bond acceptors (Lipinski definition) is 10. The van der Waals surface area contributed by atoms with E-state index in [-0.39, 0.29) is 42.9 Å². The Hall–Kier alpha value is -5.02. The zero-order chi connectivity index (χ0) is 36.0. The quantitative estimate of drug-likeness (QED) is 0.168. The topological polar surface area (TPSA) is 169 Å². The highest BCUT2D eigenvalue weighted by atomic mass is 35.5. The highest BCUT2D eigenvalue weighted by molar-refractivity contribution is 6.53. The third-order valence-corrected chi connectivity index (χ3v) is 11.5. The highest BCUT2D eigenvalue weighted by Crippen LogP contribution is 2.64. The molecule has 7 rings (SSSR count). The molecule has 1 saturated carbocycles. The Labute approximate surface area is 293 Å². The lowest BCUT2D eigenvalue weighted by atomic mass is 9.64. The van der Waals surface area contributed by atoms with E-state index in [1.54, 1.807) is 25.3 Å². The van der Waals surface area contributed by atoms with Crippen molar-refractivity contribution in [3.8, 4) is 23.0 Å². The van der Waals surface area contributed by atoms with Crippen molar-refractivity contribution in [1.29, 1.82) is 0 Å². The first-order valence-corrected chi connectivity index (χ1v) is 16.3. The number of alkyl halides is 2. The van der Waals surface area contributed by atoms with Crippen molar-refractivity contribution in [2.45, 2.75) is 47.6 Å². The number of aromatic nitrogens is 5. The van der Waals surface area contributed by atoms with E-state index in [9.17, 15) is 29.1 Å². The lowest BCUT2D eigenvalue weighted by Crippen LogP contribution is -2.59. The van der Waals surface area contributed by atoms with Gasteiger partial charge in [0, 0.05) is 57.1 Å². The molecule has 3 aliphatic rings. The number of amides is 2. The van der Waals surface area contributed by atoms with Crippen molar-refractivity contribution in [3.63, 3.8) is 0 Å². The number of carbonyl (C=O) groups excluding carboxylic acids is 2. The summed E-state index contributed by atoms with van der Waals surface area (Å²) < 4.78 is 20.9. The second kappa shape index (κ2) is 11.5. The number of halogens is 2. The second-order valence-corrected chi connectivity index (χ2v) is 13.7. The van der Waals surface area contributed by atoms with Crippen molar-refractivity contribution in [2.24, 2.45) is 7.05 Å². The summed E-state index contributed by atoms with van der Waals surface area (Å²) in [6.07, 6.45) is 1.29. The number of methoxy groups -OCH3 is 3. The van der Waals surface area contributed by atoms with E-state index in [1.165, 1.54) is 60.5 Å². The monoisotopic (exact) mass is 726 g/mol. The van der Waals surface area contributed by atoms with Gasteiger partial charge in [-0.25, -0.2) is 28.5 Å². The van der Waals surface area contributed by atoms with Crippen LogP contribution in [0.4, 0.5) is 0 Å². The van der Waals surface area contributed by atoms with E-state index in [0.29, 0.717) is 33.9 Å². The number of phenolic OH excluding ortho intramolecular Hbond substituents is 1. The first-order valence-electron chi connectivity index (χ1n) is 15.5. The smallest absolute Gasteiger partial charge is 0.347 e.